The third-order valence-electron chi connectivity index (χ3n) is 5.62. The maximum atomic E-state index is 13.5. The monoisotopic (exact) mass is 470 g/mol. The Hall–Kier alpha value is -2.67. The van der Waals surface area contributed by atoms with Gasteiger partial charge in [0.25, 0.3) is 0 Å². The zero-order valence-electron chi connectivity index (χ0n) is 18.7. The highest BCUT2D eigenvalue weighted by Gasteiger charge is 2.28. The summed E-state index contributed by atoms with van der Waals surface area (Å²) in [6.07, 6.45) is 0. The molecule has 0 bridgehead atoms. The van der Waals surface area contributed by atoms with E-state index >= 15 is 0 Å². The summed E-state index contributed by atoms with van der Waals surface area (Å²) in [6.45, 7) is 5.70. The lowest BCUT2D eigenvalue weighted by Crippen LogP contribution is -2.41. The lowest BCUT2D eigenvalue weighted by Gasteiger charge is -2.26. The molecule has 168 valence electrons. The van der Waals surface area contributed by atoms with Crippen LogP contribution in [0.25, 0.3) is 0 Å². The van der Waals surface area contributed by atoms with Crippen molar-refractivity contribution in [2.45, 2.75) is 32.2 Å². The number of sulfonamides is 1. The summed E-state index contributed by atoms with van der Waals surface area (Å²) in [5.74, 6) is -0.320. The Balaban J connectivity index is 1.94. The van der Waals surface area contributed by atoms with Crippen molar-refractivity contribution in [2.75, 3.05) is 18.5 Å². The van der Waals surface area contributed by atoms with Crippen LogP contribution in [0.15, 0.2) is 71.6 Å². The number of nitrogens with zero attached hydrogens (tertiary/aromatic N) is 2. The summed E-state index contributed by atoms with van der Waals surface area (Å²) in [4.78, 5) is 14.7. The first-order chi connectivity index (χ1) is 15.1. The quantitative estimate of drug-likeness (QED) is 0.481. The van der Waals surface area contributed by atoms with Gasteiger partial charge in [-0.25, -0.2) is 8.42 Å². The molecule has 5 nitrogen and oxygen atoms in total. The number of aryl methyl sites for hydroxylation is 3. The van der Waals surface area contributed by atoms with E-state index < -0.39 is 10.0 Å². The average molecular weight is 471 g/mol. The Kier molecular flexibility index (Phi) is 7.39. The highest BCUT2D eigenvalue weighted by Crippen LogP contribution is 2.23. The molecule has 0 heterocycles. The standard InChI is InChI=1S/C25H27ClN2O3S/c1-18-9-12-23(15-20(18)3)27(4)25(29)17-28(16-21-8-6-5-7-19(21)2)32(30,31)24-13-10-22(26)11-14-24/h5-15H,16-17H2,1-4H3. The van der Waals surface area contributed by atoms with E-state index in [1.165, 1.54) is 33.5 Å². The molecule has 0 atom stereocenters. The van der Waals surface area contributed by atoms with Gasteiger partial charge in [-0.1, -0.05) is 41.9 Å². The van der Waals surface area contributed by atoms with Gasteiger partial charge in [-0.2, -0.15) is 4.31 Å². The van der Waals surface area contributed by atoms with Crippen LogP contribution in [0.3, 0.4) is 0 Å². The summed E-state index contributed by atoms with van der Waals surface area (Å²) >= 11 is 5.94. The number of rotatable bonds is 7. The lowest BCUT2D eigenvalue weighted by molar-refractivity contribution is -0.118. The van der Waals surface area contributed by atoms with Crippen LogP contribution in [0.5, 0.6) is 0 Å². The van der Waals surface area contributed by atoms with E-state index in [0.29, 0.717) is 5.02 Å². The highest BCUT2D eigenvalue weighted by molar-refractivity contribution is 7.89. The molecule has 0 unspecified atom stereocenters. The second-order valence-corrected chi connectivity index (χ2v) is 10.2. The van der Waals surface area contributed by atoms with Crippen molar-refractivity contribution in [1.29, 1.82) is 0 Å². The molecular formula is C25H27ClN2O3S. The van der Waals surface area contributed by atoms with Crippen molar-refractivity contribution in [3.05, 3.63) is 94.0 Å². The zero-order chi connectivity index (χ0) is 23.5. The van der Waals surface area contributed by atoms with Crippen LogP contribution in [0.4, 0.5) is 5.69 Å². The summed E-state index contributed by atoms with van der Waals surface area (Å²) < 4.78 is 28.2. The molecule has 0 aliphatic carbocycles. The molecule has 0 spiro atoms. The molecule has 0 saturated heterocycles. The minimum absolute atomic E-state index is 0.0874. The van der Waals surface area contributed by atoms with E-state index in [0.717, 1.165) is 27.9 Å². The first-order valence-corrected chi connectivity index (χ1v) is 12.1. The van der Waals surface area contributed by atoms with E-state index in [9.17, 15) is 13.2 Å². The van der Waals surface area contributed by atoms with Crippen molar-refractivity contribution in [1.82, 2.24) is 4.31 Å². The number of benzene rings is 3. The van der Waals surface area contributed by atoms with Crippen molar-refractivity contribution >= 4 is 33.2 Å². The smallest absolute Gasteiger partial charge is 0.243 e. The number of carbonyl (C=O) groups excluding carboxylic acids is 1. The zero-order valence-corrected chi connectivity index (χ0v) is 20.2. The van der Waals surface area contributed by atoms with Crippen molar-refractivity contribution < 1.29 is 13.2 Å². The van der Waals surface area contributed by atoms with Gasteiger partial charge < -0.3 is 4.90 Å². The first-order valence-electron chi connectivity index (χ1n) is 10.2. The van der Waals surface area contributed by atoms with Gasteiger partial charge in [0.2, 0.25) is 15.9 Å². The SMILES string of the molecule is Cc1ccc(N(C)C(=O)CN(Cc2ccccc2C)S(=O)(=O)c2ccc(Cl)cc2)cc1C. The van der Waals surface area contributed by atoms with Crippen molar-refractivity contribution in [3.8, 4) is 0 Å². The number of amides is 1. The topological polar surface area (TPSA) is 57.7 Å². The molecule has 0 radical (unpaired) electrons. The molecular weight excluding hydrogens is 444 g/mol. The number of carbonyl (C=O) groups is 1. The molecule has 0 saturated carbocycles. The summed E-state index contributed by atoms with van der Waals surface area (Å²) in [5, 5.41) is 0.444. The third kappa shape index (κ3) is 5.38. The number of anilines is 1. The van der Waals surface area contributed by atoms with E-state index in [4.69, 9.17) is 11.6 Å². The highest BCUT2D eigenvalue weighted by atomic mass is 35.5. The van der Waals surface area contributed by atoms with E-state index in [-0.39, 0.29) is 23.9 Å². The van der Waals surface area contributed by atoms with Crippen LogP contribution in [-0.2, 0) is 21.4 Å². The van der Waals surface area contributed by atoms with Gasteiger partial charge in [0.1, 0.15) is 0 Å². The fraction of sp³-hybridized carbons (Fsp3) is 0.240. The molecule has 0 aliphatic heterocycles. The first kappa shape index (κ1) is 24.0. The summed E-state index contributed by atoms with van der Waals surface area (Å²) in [7, 11) is -2.27. The Morgan fingerprint density at radius 1 is 0.875 bits per heavy atom. The molecule has 0 N–H and O–H groups in total. The van der Waals surface area contributed by atoms with Gasteiger partial charge in [-0.05, 0) is 79.4 Å². The van der Waals surface area contributed by atoms with Crippen LogP contribution >= 0.6 is 11.6 Å². The number of hydrogen-bond acceptors (Lipinski definition) is 3. The molecule has 7 heteroatoms. The van der Waals surface area contributed by atoms with Gasteiger partial charge in [-0.15, -0.1) is 0 Å². The summed E-state index contributed by atoms with van der Waals surface area (Å²) in [5.41, 5.74) is 4.71. The Bertz CT molecular complexity index is 1220. The molecule has 0 aromatic heterocycles. The maximum Gasteiger partial charge on any atom is 0.243 e. The van der Waals surface area contributed by atoms with Crippen LogP contribution in [0.1, 0.15) is 22.3 Å². The average Bonchev–Trinajstić information content (AvgIpc) is 2.76. The minimum atomic E-state index is -3.93. The van der Waals surface area contributed by atoms with Gasteiger partial charge in [0.15, 0.2) is 0 Å². The molecule has 0 fully saturated rings. The number of likely N-dealkylation sites (N-methyl/N-ethyl adjacent to an activating group) is 1. The number of hydrogen-bond donors (Lipinski definition) is 0. The molecule has 3 rings (SSSR count). The molecule has 32 heavy (non-hydrogen) atoms. The van der Waals surface area contributed by atoms with Gasteiger partial charge in [0, 0.05) is 24.3 Å². The van der Waals surface area contributed by atoms with E-state index in [1.54, 1.807) is 7.05 Å². The fourth-order valence-corrected chi connectivity index (χ4v) is 4.79. The Labute approximate surface area is 195 Å². The lowest BCUT2D eigenvalue weighted by atomic mass is 10.1. The fourth-order valence-electron chi connectivity index (χ4n) is 3.29. The third-order valence-corrected chi connectivity index (χ3v) is 7.68. The van der Waals surface area contributed by atoms with Gasteiger partial charge >= 0.3 is 0 Å². The minimum Gasteiger partial charge on any atom is -0.314 e. The van der Waals surface area contributed by atoms with Crippen molar-refractivity contribution in [3.63, 3.8) is 0 Å². The van der Waals surface area contributed by atoms with Crippen LogP contribution in [0.2, 0.25) is 5.02 Å². The van der Waals surface area contributed by atoms with Crippen LogP contribution < -0.4 is 4.90 Å². The van der Waals surface area contributed by atoms with E-state index in [1.807, 2.05) is 63.2 Å². The summed E-state index contributed by atoms with van der Waals surface area (Å²) in [6, 6.07) is 19.3. The number of halogens is 1. The Morgan fingerprint density at radius 2 is 1.53 bits per heavy atom. The van der Waals surface area contributed by atoms with Crippen LogP contribution in [-0.4, -0.2) is 32.2 Å². The van der Waals surface area contributed by atoms with E-state index in [2.05, 4.69) is 0 Å². The maximum absolute atomic E-state index is 13.5. The second kappa shape index (κ2) is 9.86. The predicted octanol–water partition coefficient (Wildman–Crippen LogP) is 5.12. The predicted molar refractivity (Wildman–Crippen MR) is 130 cm³/mol. The molecule has 3 aromatic carbocycles. The van der Waals surface area contributed by atoms with Crippen molar-refractivity contribution in [2.24, 2.45) is 0 Å². The van der Waals surface area contributed by atoms with Gasteiger partial charge in [-0.3, -0.25) is 4.79 Å². The van der Waals surface area contributed by atoms with Gasteiger partial charge in [0.05, 0.1) is 11.4 Å². The molecule has 3 aromatic rings. The Morgan fingerprint density at radius 3 is 2.16 bits per heavy atom. The largest absolute Gasteiger partial charge is 0.314 e. The molecule has 0 aliphatic rings. The van der Waals surface area contributed by atoms with Crippen LogP contribution in [0, 0.1) is 20.8 Å². The molecule has 1 amide bonds. The second-order valence-electron chi connectivity index (χ2n) is 7.87. The normalized spacial score (nSPS) is 11.6.